The van der Waals surface area contributed by atoms with Gasteiger partial charge in [0, 0.05) is 17.9 Å². The summed E-state index contributed by atoms with van der Waals surface area (Å²) in [6.07, 6.45) is 1.42. The van der Waals surface area contributed by atoms with Gasteiger partial charge < -0.3 is 0 Å². The van der Waals surface area contributed by atoms with E-state index in [1.807, 2.05) is 0 Å². The Kier molecular flexibility index (Phi) is 4.47. The predicted octanol–water partition coefficient (Wildman–Crippen LogP) is 3.55. The van der Waals surface area contributed by atoms with Crippen LogP contribution in [0.15, 0.2) is 59.9 Å². The van der Waals surface area contributed by atoms with E-state index in [2.05, 4.69) is 20.3 Å². The van der Waals surface area contributed by atoms with Gasteiger partial charge in [0.1, 0.15) is 17.2 Å². The molecule has 0 saturated carbocycles. The number of halogens is 1. The number of nitro groups is 1. The lowest BCUT2D eigenvalue weighted by atomic mass is 10.2. The van der Waals surface area contributed by atoms with E-state index in [-0.39, 0.29) is 11.5 Å². The molecule has 8 nitrogen and oxygen atoms in total. The van der Waals surface area contributed by atoms with Crippen molar-refractivity contribution in [3.8, 4) is 5.69 Å². The molecule has 0 saturated heterocycles. The fourth-order valence-electron chi connectivity index (χ4n) is 2.46. The highest BCUT2D eigenvalue weighted by molar-refractivity contribution is 7.98. The third-order valence-electron chi connectivity index (χ3n) is 3.80. The summed E-state index contributed by atoms with van der Waals surface area (Å²) in [5.74, 6) is 0.227. The fourth-order valence-corrected chi connectivity index (χ4v) is 3.34. The number of non-ortho nitro benzene ring substituents is 1. The number of aromatic nitrogens is 5. The van der Waals surface area contributed by atoms with Crippen LogP contribution in [0.2, 0.25) is 0 Å². The maximum Gasteiger partial charge on any atom is 0.269 e. The molecule has 0 N–H and O–H groups in total. The molecule has 0 bridgehead atoms. The number of thioether (sulfide) groups is 1. The van der Waals surface area contributed by atoms with Crippen molar-refractivity contribution < 1.29 is 9.31 Å². The lowest BCUT2D eigenvalue weighted by Gasteiger charge is -2.03. The minimum absolute atomic E-state index is 0.0513. The Morgan fingerprint density at radius 1 is 1.07 bits per heavy atom. The Morgan fingerprint density at radius 2 is 1.81 bits per heavy atom. The van der Waals surface area contributed by atoms with Gasteiger partial charge >= 0.3 is 0 Å². The quantitative estimate of drug-likeness (QED) is 0.225. The van der Waals surface area contributed by atoms with Crippen molar-refractivity contribution in [1.82, 2.24) is 25.0 Å². The molecule has 0 amide bonds. The Hall–Kier alpha value is -3.40. The molecule has 2 aromatic heterocycles. The van der Waals surface area contributed by atoms with Crippen LogP contribution in [0.4, 0.5) is 10.1 Å². The summed E-state index contributed by atoms with van der Waals surface area (Å²) in [5.41, 5.74) is 2.67. The van der Waals surface area contributed by atoms with E-state index < -0.39 is 4.92 Å². The second kappa shape index (κ2) is 7.08. The lowest BCUT2D eigenvalue weighted by molar-refractivity contribution is -0.384. The maximum atomic E-state index is 13.1. The van der Waals surface area contributed by atoms with Gasteiger partial charge in [0.15, 0.2) is 11.2 Å². The number of hydrogen-bond acceptors (Lipinski definition) is 7. The molecule has 134 valence electrons. The second-order valence-electron chi connectivity index (χ2n) is 5.54. The zero-order valence-electron chi connectivity index (χ0n) is 13.7. The van der Waals surface area contributed by atoms with Crippen LogP contribution in [0.1, 0.15) is 5.56 Å². The van der Waals surface area contributed by atoms with E-state index >= 15 is 0 Å². The van der Waals surface area contributed by atoms with Crippen molar-refractivity contribution in [3.05, 3.63) is 76.4 Å². The van der Waals surface area contributed by atoms with Gasteiger partial charge in [0.2, 0.25) is 0 Å². The van der Waals surface area contributed by atoms with Gasteiger partial charge in [-0.1, -0.05) is 29.1 Å². The maximum absolute atomic E-state index is 13.1. The van der Waals surface area contributed by atoms with Crippen LogP contribution >= 0.6 is 11.8 Å². The van der Waals surface area contributed by atoms with Crippen LogP contribution in [-0.4, -0.2) is 29.9 Å². The molecule has 0 unspecified atom stereocenters. The Labute approximate surface area is 156 Å². The first-order valence-electron chi connectivity index (χ1n) is 7.80. The van der Waals surface area contributed by atoms with E-state index in [1.165, 1.54) is 47.0 Å². The molecule has 0 aliphatic heterocycles. The molecular weight excluding hydrogens is 371 g/mol. The average Bonchev–Trinajstić information content (AvgIpc) is 3.12. The van der Waals surface area contributed by atoms with Crippen LogP contribution in [0.3, 0.4) is 0 Å². The zero-order chi connectivity index (χ0) is 18.8. The highest BCUT2D eigenvalue weighted by Gasteiger charge is 2.14. The van der Waals surface area contributed by atoms with Gasteiger partial charge in [-0.3, -0.25) is 10.1 Å². The molecule has 4 rings (SSSR count). The predicted molar refractivity (Wildman–Crippen MR) is 97.1 cm³/mol. The molecule has 0 radical (unpaired) electrons. The molecule has 0 spiro atoms. The monoisotopic (exact) mass is 382 g/mol. The third kappa shape index (κ3) is 3.47. The highest BCUT2D eigenvalue weighted by Crippen LogP contribution is 2.27. The Bertz CT molecular complexity index is 1110. The zero-order valence-corrected chi connectivity index (χ0v) is 14.5. The third-order valence-corrected chi connectivity index (χ3v) is 4.85. The number of rotatable bonds is 5. The first-order chi connectivity index (χ1) is 13.1. The van der Waals surface area contributed by atoms with E-state index in [0.717, 1.165) is 5.56 Å². The molecule has 0 atom stereocenters. The normalized spacial score (nSPS) is 11.0. The number of nitrogens with zero attached hydrogens (tertiary/aromatic N) is 6. The first kappa shape index (κ1) is 17.0. The molecule has 4 aromatic rings. The van der Waals surface area contributed by atoms with Crippen LogP contribution in [0.5, 0.6) is 0 Å². The van der Waals surface area contributed by atoms with Crippen molar-refractivity contribution in [3.63, 3.8) is 0 Å². The van der Waals surface area contributed by atoms with Crippen LogP contribution in [0.25, 0.3) is 16.9 Å². The standard InChI is InChI=1S/C17H11FN6O2S/c18-12-3-7-13(8-4-12)23-16-15(21-22-23)17(20-10-19-16)27-9-11-1-5-14(6-2-11)24(25)26/h1-8,10H,9H2. The van der Waals surface area contributed by atoms with Gasteiger partial charge in [-0.05, 0) is 29.8 Å². The lowest BCUT2D eigenvalue weighted by Crippen LogP contribution is -1.98. The van der Waals surface area contributed by atoms with E-state index in [4.69, 9.17) is 0 Å². The molecule has 0 fully saturated rings. The molecule has 2 aromatic carbocycles. The second-order valence-corrected chi connectivity index (χ2v) is 6.50. The smallest absolute Gasteiger partial charge is 0.258 e. The summed E-state index contributed by atoms with van der Waals surface area (Å²) in [5, 5.41) is 19.6. The van der Waals surface area contributed by atoms with Crippen molar-refractivity contribution >= 4 is 28.6 Å². The molecule has 27 heavy (non-hydrogen) atoms. The summed E-state index contributed by atoms with van der Waals surface area (Å²) in [7, 11) is 0. The molecule has 0 aliphatic rings. The van der Waals surface area contributed by atoms with Crippen molar-refractivity contribution in [2.24, 2.45) is 0 Å². The van der Waals surface area contributed by atoms with Crippen LogP contribution in [-0.2, 0) is 5.75 Å². The molecule has 0 aliphatic carbocycles. The summed E-state index contributed by atoms with van der Waals surface area (Å²) in [6.45, 7) is 0. The fraction of sp³-hybridized carbons (Fsp3) is 0.0588. The summed E-state index contributed by atoms with van der Waals surface area (Å²) < 4.78 is 14.6. The Morgan fingerprint density at radius 3 is 2.52 bits per heavy atom. The molecular formula is C17H11FN6O2S. The SMILES string of the molecule is O=[N+]([O-])c1ccc(CSc2ncnc3c2nnn3-c2ccc(F)cc2)cc1. The Balaban J connectivity index is 1.59. The summed E-state index contributed by atoms with van der Waals surface area (Å²) >= 11 is 1.43. The van der Waals surface area contributed by atoms with E-state index in [9.17, 15) is 14.5 Å². The highest BCUT2D eigenvalue weighted by atomic mass is 32.2. The minimum Gasteiger partial charge on any atom is -0.258 e. The number of fused-ring (bicyclic) bond motifs is 1. The van der Waals surface area contributed by atoms with E-state index in [0.29, 0.717) is 27.6 Å². The van der Waals surface area contributed by atoms with Crippen molar-refractivity contribution in [1.29, 1.82) is 0 Å². The van der Waals surface area contributed by atoms with Gasteiger partial charge in [-0.2, -0.15) is 4.68 Å². The number of nitro benzene ring substituents is 1. The first-order valence-corrected chi connectivity index (χ1v) is 8.79. The van der Waals surface area contributed by atoms with Gasteiger partial charge in [0.05, 0.1) is 10.6 Å². The van der Waals surface area contributed by atoms with Crippen LogP contribution in [0, 0.1) is 15.9 Å². The van der Waals surface area contributed by atoms with Gasteiger partial charge in [0.25, 0.3) is 5.69 Å². The topological polar surface area (TPSA) is 99.6 Å². The van der Waals surface area contributed by atoms with E-state index in [1.54, 1.807) is 24.3 Å². The van der Waals surface area contributed by atoms with Crippen molar-refractivity contribution in [2.75, 3.05) is 0 Å². The van der Waals surface area contributed by atoms with Gasteiger partial charge in [-0.25, -0.2) is 14.4 Å². The van der Waals surface area contributed by atoms with Crippen LogP contribution < -0.4 is 0 Å². The average molecular weight is 382 g/mol. The number of benzene rings is 2. The van der Waals surface area contributed by atoms with Crippen molar-refractivity contribution in [2.45, 2.75) is 10.8 Å². The summed E-state index contributed by atoms with van der Waals surface area (Å²) in [4.78, 5) is 18.8. The van der Waals surface area contributed by atoms with Gasteiger partial charge in [-0.15, -0.1) is 5.10 Å². The number of hydrogen-bond donors (Lipinski definition) is 0. The minimum atomic E-state index is -0.432. The molecule has 2 heterocycles. The summed E-state index contributed by atoms with van der Waals surface area (Å²) in [6, 6.07) is 12.2. The largest absolute Gasteiger partial charge is 0.269 e. The molecule has 10 heteroatoms.